The Balaban J connectivity index is 1.54. The van der Waals surface area contributed by atoms with E-state index in [1.807, 2.05) is 55.4 Å². The van der Waals surface area contributed by atoms with E-state index in [0.29, 0.717) is 30.8 Å². The summed E-state index contributed by atoms with van der Waals surface area (Å²) in [7, 11) is 0.507. The lowest BCUT2D eigenvalue weighted by atomic mass is 10.1. The Labute approximate surface area is 179 Å². The molecular weight excluding hydrogens is 398 g/mol. The number of rotatable bonds is 7. The van der Waals surface area contributed by atoms with Crippen molar-refractivity contribution in [2.45, 2.75) is 43.4 Å². The number of benzene rings is 2. The second-order valence-corrected chi connectivity index (χ2v) is 9.89. The highest BCUT2D eigenvalue weighted by molar-refractivity contribution is 7.89. The molecule has 0 saturated carbocycles. The first-order chi connectivity index (χ1) is 14.4. The predicted octanol–water partition coefficient (Wildman–Crippen LogP) is 3.89. The largest absolute Gasteiger partial charge is 0.378 e. The van der Waals surface area contributed by atoms with Gasteiger partial charge in [0.15, 0.2) is 0 Å². The number of carbonyl (C=O) groups is 1. The fraction of sp³-hybridized carbons (Fsp3) is 0.435. The molecule has 1 N–H and O–H groups in total. The van der Waals surface area contributed by atoms with Crippen LogP contribution < -0.4 is 10.2 Å². The molecule has 30 heavy (non-hydrogen) atoms. The molecule has 6 nitrogen and oxygen atoms in total. The van der Waals surface area contributed by atoms with Crippen molar-refractivity contribution < 1.29 is 13.2 Å². The molecule has 1 heterocycles. The number of aryl methyl sites for hydroxylation is 1. The molecule has 2 aromatic carbocycles. The first-order valence-electron chi connectivity index (χ1n) is 10.5. The molecule has 0 unspecified atom stereocenters. The molecular formula is C23H31N3O3S. The lowest BCUT2D eigenvalue weighted by molar-refractivity contribution is -0.116. The zero-order chi connectivity index (χ0) is 21.6. The number of nitrogens with zero attached hydrogens (tertiary/aromatic N) is 2. The number of sulfonamides is 1. The molecule has 3 rings (SSSR count). The van der Waals surface area contributed by atoms with E-state index < -0.39 is 10.0 Å². The van der Waals surface area contributed by atoms with Gasteiger partial charge in [-0.1, -0.05) is 25.0 Å². The Kier molecular flexibility index (Phi) is 7.50. The van der Waals surface area contributed by atoms with Gasteiger partial charge in [-0.15, -0.1) is 0 Å². The Hall–Kier alpha value is -2.38. The molecule has 0 aliphatic carbocycles. The average molecular weight is 430 g/mol. The van der Waals surface area contributed by atoms with E-state index in [1.165, 1.54) is 0 Å². The minimum atomic E-state index is -3.43. The Morgan fingerprint density at radius 2 is 1.53 bits per heavy atom. The van der Waals surface area contributed by atoms with Gasteiger partial charge in [0.2, 0.25) is 15.9 Å². The molecule has 162 valence electrons. The standard InChI is InChI=1S/C23H31N3O3S/c1-25(2)21-12-10-20(11-13-21)24-23(27)16-9-19-7-14-22(15-8-19)30(28,29)26-17-5-3-4-6-18-26/h7-8,10-15H,3-6,9,16-18H2,1-2H3,(H,24,27). The van der Waals surface area contributed by atoms with Gasteiger partial charge in [-0.3, -0.25) is 4.79 Å². The predicted molar refractivity (Wildman–Crippen MR) is 121 cm³/mol. The number of nitrogens with one attached hydrogen (secondary N) is 1. The maximum atomic E-state index is 12.8. The Morgan fingerprint density at radius 3 is 2.10 bits per heavy atom. The van der Waals surface area contributed by atoms with E-state index in [1.54, 1.807) is 16.4 Å². The van der Waals surface area contributed by atoms with Gasteiger partial charge in [0.1, 0.15) is 0 Å². The van der Waals surface area contributed by atoms with Crippen LogP contribution in [0.5, 0.6) is 0 Å². The third-order valence-corrected chi connectivity index (χ3v) is 7.35. The average Bonchev–Trinajstić information content (AvgIpc) is 3.03. The maximum Gasteiger partial charge on any atom is 0.243 e. The summed E-state index contributed by atoms with van der Waals surface area (Å²) in [5.74, 6) is -0.0612. The topological polar surface area (TPSA) is 69.7 Å². The number of anilines is 2. The van der Waals surface area contributed by atoms with E-state index in [4.69, 9.17) is 0 Å². The third-order valence-electron chi connectivity index (χ3n) is 5.43. The molecule has 0 bridgehead atoms. The fourth-order valence-electron chi connectivity index (χ4n) is 3.58. The van der Waals surface area contributed by atoms with Crippen LogP contribution in [0, 0.1) is 0 Å². The first-order valence-corrected chi connectivity index (χ1v) is 12.0. The van der Waals surface area contributed by atoms with Gasteiger partial charge in [-0.2, -0.15) is 4.31 Å². The second-order valence-electron chi connectivity index (χ2n) is 7.95. The van der Waals surface area contributed by atoms with E-state index in [2.05, 4.69) is 5.32 Å². The van der Waals surface area contributed by atoms with Crippen LogP contribution in [0.4, 0.5) is 11.4 Å². The number of hydrogen-bond donors (Lipinski definition) is 1. The summed E-state index contributed by atoms with van der Waals surface area (Å²) in [6.45, 7) is 1.19. The van der Waals surface area contributed by atoms with E-state index in [-0.39, 0.29) is 5.91 Å². The summed E-state index contributed by atoms with van der Waals surface area (Å²) in [6.07, 6.45) is 4.92. The molecule has 0 radical (unpaired) electrons. The van der Waals surface area contributed by atoms with Crippen LogP contribution in [-0.4, -0.2) is 45.8 Å². The smallest absolute Gasteiger partial charge is 0.243 e. The highest BCUT2D eigenvalue weighted by Gasteiger charge is 2.24. The van der Waals surface area contributed by atoms with Crippen LogP contribution in [0.1, 0.15) is 37.7 Å². The van der Waals surface area contributed by atoms with Crippen molar-refractivity contribution in [2.75, 3.05) is 37.4 Å². The molecule has 1 amide bonds. The van der Waals surface area contributed by atoms with Gasteiger partial charge >= 0.3 is 0 Å². The summed E-state index contributed by atoms with van der Waals surface area (Å²) in [5, 5.41) is 2.90. The molecule has 1 fully saturated rings. The summed E-state index contributed by atoms with van der Waals surface area (Å²) in [5.41, 5.74) is 2.79. The quantitative estimate of drug-likeness (QED) is 0.725. The minimum absolute atomic E-state index is 0.0612. The van der Waals surface area contributed by atoms with Crippen LogP contribution in [0.25, 0.3) is 0 Å². The lowest BCUT2D eigenvalue weighted by Gasteiger charge is -2.20. The van der Waals surface area contributed by atoms with Gasteiger partial charge in [0, 0.05) is 45.0 Å². The Bertz CT molecular complexity index is 931. The Morgan fingerprint density at radius 1 is 0.933 bits per heavy atom. The molecule has 1 aliphatic heterocycles. The van der Waals surface area contributed by atoms with Crippen molar-refractivity contribution in [1.82, 2.24) is 4.31 Å². The first kappa shape index (κ1) is 22.3. The van der Waals surface area contributed by atoms with E-state index >= 15 is 0 Å². The van der Waals surface area contributed by atoms with Crippen molar-refractivity contribution in [2.24, 2.45) is 0 Å². The summed E-state index contributed by atoms with van der Waals surface area (Å²) < 4.78 is 27.3. The molecule has 7 heteroatoms. The number of carbonyl (C=O) groups excluding carboxylic acids is 1. The van der Waals surface area contributed by atoms with E-state index in [0.717, 1.165) is 42.6 Å². The van der Waals surface area contributed by atoms with E-state index in [9.17, 15) is 13.2 Å². The second kappa shape index (κ2) is 10.1. The monoisotopic (exact) mass is 429 g/mol. The number of amides is 1. The van der Waals surface area contributed by atoms with Crippen LogP contribution in [0.2, 0.25) is 0 Å². The maximum absolute atomic E-state index is 12.8. The molecule has 2 aromatic rings. The molecule has 0 atom stereocenters. The molecule has 1 aliphatic rings. The summed E-state index contributed by atoms with van der Waals surface area (Å²) in [6, 6.07) is 14.6. The van der Waals surface area contributed by atoms with Crippen LogP contribution in [-0.2, 0) is 21.2 Å². The van der Waals surface area contributed by atoms with Gasteiger partial charge in [-0.05, 0) is 61.2 Å². The van der Waals surface area contributed by atoms with Gasteiger partial charge < -0.3 is 10.2 Å². The zero-order valence-electron chi connectivity index (χ0n) is 17.8. The third kappa shape index (κ3) is 5.83. The highest BCUT2D eigenvalue weighted by atomic mass is 32.2. The molecule has 0 aromatic heterocycles. The lowest BCUT2D eigenvalue weighted by Crippen LogP contribution is -2.31. The van der Waals surface area contributed by atoms with Gasteiger partial charge in [-0.25, -0.2) is 8.42 Å². The highest BCUT2D eigenvalue weighted by Crippen LogP contribution is 2.21. The number of hydrogen-bond acceptors (Lipinski definition) is 4. The van der Waals surface area contributed by atoms with Crippen LogP contribution in [0.3, 0.4) is 0 Å². The van der Waals surface area contributed by atoms with Crippen molar-refractivity contribution in [1.29, 1.82) is 0 Å². The van der Waals surface area contributed by atoms with Gasteiger partial charge in [0.05, 0.1) is 4.90 Å². The zero-order valence-corrected chi connectivity index (χ0v) is 18.6. The van der Waals surface area contributed by atoms with Crippen LogP contribution >= 0.6 is 0 Å². The summed E-state index contributed by atoms with van der Waals surface area (Å²) in [4.78, 5) is 14.6. The van der Waals surface area contributed by atoms with Gasteiger partial charge in [0.25, 0.3) is 0 Å². The fourth-order valence-corrected chi connectivity index (χ4v) is 5.10. The minimum Gasteiger partial charge on any atom is -0.378 e. The molecule has 1 saturated heterocycles. The van der Waals surface area contributed by atoms with Crippen molar-refractivity contribution >= 4 is 27.3 Å². The van der Waals surface area contributed by atoms with Crippen molar-refractivity contribution in [3.05, 3.63) is 54.1 Å². The van der Waals surface area contributed by atoms with Crippen molar-refractivity contribution in [3.8, 4) is 0 Å². The van der Waals surface area contributed by atoms with Crippen molar-refractivity contribution in [3.63, 3.8) is 0 Å². The SMILES string of the molecule is CN(C)c1ccc(NC(=O)CCc2ccc(S(=O)(=O)N3CCCCCC3)cc2)cc1. The summed E-state index contributed by atoms with van der Waals surface area (Å²) >= 11 is 0. The molecule has 0 spiro atoms. The normalized spacial score (nSPS) is 15.4. The van der Waals surface area contributed by atoms with Crippen LogP contribution in [0.15, 0.2) is 53.4 Å².